The minimum absolute atomic E-state index is 0.540. The fourth-order valence-corrected chi connectivity index (χ4v) is 3.82. The molecule has 0 aromatic carbocycles. The van der Waals surface area contributed by atoms with Crippen molar-refractivity contribution >= 4 is 0 Å². The van der Waals surface area contributed by atoms with Crippen LogP contribution in [0.1, 0.15) is 82.2 Å². The molecule has 1 heteroatoms. The van der Waals surface area contributed by atoms with Crippen LogP contribution < -0.4 is 0 Å². The minimum atomic E-state index is 0.540. The molecule has 0 saturated heterocycles. The molecule has 1 heterocycles. The highest BCUT2D eigenvalue weighted by Gasteiger charge is 2.42. The maximum absolute atomic E-state index is 4.57. The van der Waals surface area contributed by atoms with E-state index in [4.69, 9.17) is 0 Å². The number of aryl methyl sites for hydroxylation is 2. The molecule has 0 bridgehead atoms. The van der Waals surface area contributed by atoms with Crippen molar-refractivity contribution in [1.29, 1.82) is 0 Å². The molecule has 0 N–H and O–H groups in total. The SMILES string of the molecule is CC.CC.Cc1cnc(C)c2c1CCC21CCCC1. The average molecular weight is 261 g/mol. The summed E-state index contributed by atoms with van der Waals surface area (Å²) in [5.74, 6) is 0. The lowest BCUT2D eigenvalue weighted by Gasteiger charge is -2.25. The summed E-state index contributed by atoms with van der Waals surface area (Å²) in [5, 5.41) is 0. The fraction of sp³-hybridized carbons (Fsp3) is 0.722. The van der Waals surface area contributed by atoms with E-state index in [2.05, 4.69) is 25.0 Å². The highest BCUT2D eigenvalue weighted by atomic mass is 14.7. The fourth-order valence-electron chi connectivity index (χ4n) is 3.82. The Bertz CT molecular complexity index is 400. The van der Waals surface area contributed by atoms with Gasteiger partial charge in [-0.1, -0.05) is 40.5 Å². The molecule has 2 aliphatic carbocycles. The Balaban J connectivity index is 0.000000415. The maximum atomic E-state index is 4.57. The van der Waals surface area contributed by atoms with E-state index in [0.717, 1.165) is 0 Å². The van der Waals surface area contributed by atoms with Gasteiger partial charge >= 0.3 is 0 Å². The Morgan fingerprint density at radius 1 is 0.947 bits per heavy atom. The highest BCUT2D eigenvalue weighted by molar-refractivity contribution is 5.46. The Morgan fingerprint density at radius 2 is 1.53 bits per heavy atom. The first kappa shape index (κ1) is 16.2. The van der Waals surface area contributed by atoms with Crippen molar-refractivity contribution in [3.8, 4) is 0 Å². The van der Waals surface area contributed by atoms with Crippen LogP contribution in [0, 0.1) is 13.8 Å². The van der Waals surface area contributed by atoms with E-state index >= 15 is 0 Å². The summed E-state index contributed by atoms with van der Waals surface area (Å²) in [6.45, 7) is 12.4. The standard InChI is InChI=1S/C14H19N.2C2H6/c1-10-9-15-11(2)13-12(10)5-8-14(13)6-3-4-7-14;2*1-2/h9H,3-8H2,1-2H3;2*1-2H3. The van der Waals surface area contributed by atoms with E-state index in [1.54, 1.807) is 11.1 Å². The second-order valence-electron chi connectivity index (χ2n) is 5.37. The van der Waals surface area contributed by atoms with Gasteiger partial charge in [-0.3, -0.25) is 4.98 Å². The number of aromatic nitrogens is 1. The molecule has 3 rings (SSSR count). The predicted octanol–water partition coefficient (Wildman–Crippen LogP) is 5.51. The van der Waals surface area contributed by atoms with Gasteiger partial charge in [0.1, 0.15) is 0 Å². The largest absolute Gasteiger partial charge is 0.261 e. The molecule has 0 atom stereocenters. The van der Waals surface area contributed by atoms with Crippen LogP contribution in [0.4, 0.5) is 0 Å². The topological polar surface area (TPSA) is 12.9 Å². The molecule has 0 amide bonds. The number of fused-ring (bicyclic) bond motifs is 2. The molecule has 0 radical (unpaired) electrons. The number of pyridine rings is 1. The van der Waals surface area contributed by atoms with Gasteiger partial charge in [0, 0.05) is 11.9 Å². The predicted molar refractivity (Wildman–Crippen MR) is 84.9 cm³/mol. The van der Waals surface area contributed by atoms with Crippen LogP contribution in [0.5, 0.6) is 0 Å². The minimum Gasteiger partial charge on any atom is -0.261 e. The second-order valence-corrected chi connectivity index (χ2v) is 5.37. The molecule has 1 spiro atoms. The van der Waals surface area contributed by atoms with Crippen molar-refractivity contribution in [3.05, 3.63) is 28.6 Å². The highest BCUT2D eigenvalue weighted by Crippen LogP contribution is 2.51. The third-order valence-corrected chi connectivity index (χ3v) is 4.54. The second kappa shape index (κ2) is 7.07. The first-order valence-corrected chi connectivity index (χ1v) is 8.18. The third-order valence-electron chi connectivity index (χ3n) is 4.54. The molecule has 2 aliphatic rings. The lowest BCUT2D eigenvalue weighted by molar-refractivity contribution is 0.436. The van der Waals surface area contributed by atoms with E-state index in [1.165, 1.54) is 49.8 Å². The number of hydrogen-bond acceptors (Lipinski definition) is 1. The average Bonchev–Trinajstić information content (AvgIpc) is 3.09. The van der Waals surface area contributed by atoms with Crippen LogP contribution in [0.15, 0.2) is 6.20 Å². The summed E-state index contributed by atoms with van der Waals surface area (Å²) in [6, 6.07) is 0. The summed E-state index contributed by atoms with van der Waals surface area (Å²) < 4.78 is 0. The first-order valence-electron chi connectivity index (χ1n) is 8.18. The summed E-state index contributed by atoms with van der Waals surface area (Å²) >= 11 is 0. The molecule has 1 fully saturated rings. The van der Waals surface area contributed by atoms with Gasteiger partial charge in [-0.05, 0) is 61.6 Å². The molecule has 1 aromatic rings. The van der Waals surface area contributed by atoms with Crippen molar-refractivity contribution in [2.24, 2.45) is 0 Å². The quantitative estimate of drug-likeness (QED) is 0.600. The zero-order valence-electron chi connectivity index (χ0n) is 13.8. The number of rotatable bonds is 0. The Labute approximate surface area is 119 Å². The molecule has 0 aliphatic heterocycles. The third kappa shape index (κ3) is 2.85. The van der Waals surface area contributed by atoms with E-state index in [9.17, 15) is 0 Å². The van der Waals surface area contributed by atoms with Crippen molar-refractivity contribution in [2.45, 2.75) is 85.5 Å². The molecule has 19 heavy (non-hydrogen) atoms. The van der Waals surface area contributed by atoms with Gasteiger partial charge in [0.15, 0.2) is 0 Å². The number of nitrogens with zero attached hydrogens (tertiary/aromatic N) is 1. The maximum Gasteiger partial charge on any atom is 0.0413 e. The molecule has 0 unspecified atom stereocenters. The van der Waals surface area contributed by atoms with Crippen molar-refractivity contribution in [2.75, 3.05) is 0 Å². The van der Waals surface area contributed by atoms with Crippen molar-refractivity contribution in [3.63, 3.8) is 0 Å². The molecule has 1 nitrogen and oxygen atoms in total. The lowest BCUT2D eigenvalue weighted by Crippen LogP contribution is -2.19. The van der Waals surface area contributed by atoms with Gasteiger partial charge in [-0.15, -0.1) is 0 Å². The first-order chi connectivity index (χ1) is 9.23. The monoisotopic (exact) mass is 261 g/mol. The Kier molecular flexibility index (Phi) is 6.03. The molecule has 1 saturated carbocycles. The van der Waals surface area contributed by atoms with Crippen molar-refractivity contribution < 1.29 is 0 Å². The van der Waals surface area contributed by atoms with E-state index in [1.807, 2.05) is 27.7 Å². The van der Waals surface area contributed by atoms with Gasteiger partial charge in [-0.2, -0.15) is 0 Å². The van der Waals surface area contributed by atoms with Crippen molar-refractivity contribution in [1.82, 2.24) is 4.98 Å². The molecular weight excluding hydrogens is 230 g/mol. The van der Waals surface area contributed by atoms with Gasteiger partial charge in [0.05, 0.1) is 0 Å². The van der Waals surface area contributed by atoms with Crippen LogP contribution in [-0.2, 0) is 11.8 Å². The smallest absolute Gasteiger partial charge is 0.0413 e. The van der Waals surface area contributed by atoms with E-state index < -0.39 is 0 Å². The summed E-state index contributed by atoms with van der Waals surface area (Å²) in [5.41, 5.74) is 6.53. The van der Waals surface area contributed by atoms with Crippen LogP contribution >= 0.6 is 0 Å². The zero-order valence-corrected chi connectivity index (χ0v) is 13.8. The van der Waals surface area contributed by atoms with E-state index in [0.29, 0.717) is 5.41 Å². The molecule has 1 aromatic heterocycles. The Hall–Kier alpha value is -0.850. The van der Waals surface area contributed by atoms with Crippen LogP contribution in [-0.4, -0.2) is 4.98 Å². The van der Waals surface area contributed by atoms with Gasteiger partial charge in [0.25, 0.3) is 0 Å². The molecule has 108 valence electrons. The zero-order chi connectivity index (χ0) is 14.5. The number of hydrogen-bond donors (Lipinski definition) is 0. The van der Waals surface area contributed by atoms with Crippen LogP contribution in [0.3, 0.4) is 0 Å². The lowest BCUT2D eigenvalue weighted by atomic mass is 9.79. The summed E-state index contributed by atoms with van der Waals surface area (Å²) in [6.07, 6.45) is 10.4. The van der Waals surface area contributed by atoms with Crippen LogP contribution in [0.2, 0.25) is 0 Å². The van der Waals surface area contributed by atoms with Gasteiger partial charge in [-0.25, -0.2) is 0 Å². The molecular formula is C18H31N. The van der Waals surface area contributed by atoms with E-state index in [-0.39, 0.29) is 0 Å². The summed E-state index contributed by atoms with van der Waals surface area (Å²) in [4.78, 5) is 4.57. The Morgan fingerprint density at radius 3 is 2.11 bits per heavy atom. The van der Waals surface area contributed by atoms with Gasteiger partial charge < -0.3 is 0 Å². The van der Waals surface area contributed by atoms with Gasteiger partial charge in [0.2, 0.25) is 0 Å². The summed E-state index contributed by atoms with van der Waals surface area (Å²) in [7, 11) is 0. The van der Waals surface area contributed by atoms with Crippen LogP contribution in [0.25, 0.3) is 0 Å². The normalized spacial score (nSPS) is 18.2.